The zero-order valence-electron chi connectivity index (χ0n) is 10.4. The van der Waals surface area contributed by atoms with Gasteiger partial charge in [-0.05, 0) is 32.4 Å². The van der Waals surface area contributed by atoms with E-state index in [4.69, 9.17) is 5.11 Å². The van der Waals surface area contributed by atoms with E-state index in [9.17, 15) is 4.79 Å². The second-order valence-corrected chi connectivity index (χ2v) is 6.38. The van der Waals surface area contributed by atoms with Gasteiger partial charge in [0.1, 0.15) is 4.88 Å². The minimum Gasteiger partial charge on any atom is -0.477 e. The number of aryl methyl sites for hydroxylation is 3. The van der Waals surface area contributed by atoms with Crippen LogP contribution in [-0.2, 0) is 6.54 Å². The first-order chi connectivity index (χ1) is 8.47. The van der Waals surface area contributed by atoms with E-state index >= 15 is 0 Å². The fourth-order valence-electron chi connectivity index (χ4n) is 1.57. The molecule has 4 nitrogen and oxygen atoms in total. The Bertz CT molecular complexity index is 567. The number of carboxylic acid groups (broad SMARTS) is 1. The minimum atomic E-state index is -0.916. The Morgan fingerprint density at radius 1 is 1.39 bits per heavy atom. The van der Waals surface area contributed by atoms with Crippen LogP contribution in [0.2, 0.25) is 0 Å². The average Bonchev–Trinajstić information content (AvgIpc) is 2.80. The lowest BCUT2D eigenvalue weighted by atomic mass is 10.3. The lowest BCUT2D eigenvalue weighted by Crippen LogP contribution is -1.96. The van der Waals surface area contributed by atoms with Gasteiger partial charge in [-0.3, -0.25) is 0 Å². The number of aromatic carboxylic acids is 1. The molecule has 0 aliphatic carbocycles. The van der Waals surface area contributed by atoms with Crippen molar-refractivity contribution in [1.29, 1.82) is 0 Å². The van der Waals surface area contributed by atoms with Crippen molar-refractivity contribution in [3.8, 4) is 0 Å². The van der Waals surface area contributed by atoms with Crippen molar-refractivity contribution in [2.75, 3.05) is 5.32 Å². The van der Waals surface area contributed by atoms with Gasteiger partial charge in [-0.1, -0.05) is 11.3 Å². The van der Waals surface area contributed by atoms with Crippen LogP contribution in [0.15, 0.2) is 6.07 Å². The highest BCUT2D eigenvalue weighted by Crippen LogP contribution is 2.25. The summed E-state index contributed by atoms with van der Waals surface area (Å²) in [4.78, 5) is 18.0. The summed E-state index contributed by atoms with van der Waals surface area (Å²) in [6, 6.07) is 2.14. The number of carboxylic acids is 1. The van der Waals surface area contributed by atoms with Gasteiger partial charge >= 0.3 is 5.97 Å². The molecule has 2 N–H and O–H groups in total. The van der Waals surface area contributed by atoms with Crippen molar-refractivity contribution in [3.05, 3.63) is 32.0 Å². The number of carbonyl (C=O) groups is 1. The molecule has 0 saturated carbocycles. The number of nitrogens with zero attached hydrogens (tertiary/aromatic N) is 1. The van der Waals surface area contributed by atoms with Gasteiger partial charge in [0.05, 0.1) is 12.2 Å². The largest absolute Gasteiger partial charge is 0.477 e. The second kappa shape index (κ2) is 5.07. The number of thiophene rings is 1. The van der Waals surface area contributed by atoms with E-state index in [1.807, 2.05) is 0 Å². The smallest absolute Gasteiger partial charge is 0.347 e. The van der Waals surface area contributed by atoms with Crippen molar-refractivity contribution in [2.45, 2.75) is 27.3 Å². The molecule has 0 amide bonds. The van der Waals surface area contributed by atoms with Crippen LogP contribution >= 0.6 is 22.7 Å². The molecular weight excluding hydrogens is 268 g/mol. The SMILES string of the molecule is Cc1cc(CNc2nc(C)c(C(=O)O)s2)sc1C. The van der Waals surface area contributed by atoms with E-state index in [1.165, 1.54) is 26.7 Å². The van der Waals surface area contributed by atoms with Crippen LogP contribution in [0.5, 0.6) is 0 Å². The first-order valence-electron chi connectivity index (χ1n) is 5.48. The zero-order valence-corrected chi connectivity index (χ0v) is 12.0. The van der Waals surface area contributed by atoms with Crippen LogP contribution in [-0.4, -0.2) is 16.1 Å². The molecule has 0 aliphatic heterocycles. The summed E-state index contributed by atoms with van der Waals surface area (Å²) >= 11 is 2.93. The molecule has 96 valence electrons. The third kappa shape index (κ3) is 2.70. The second-order valence-electron chi connectivity index (χ2n) is 4.04. The molecule has 0 fully saturated rings. The van der Waals surface area contributed by atoms with Gasteiger partial charge in [0.2, 0.25) is 0 Å². The van der Waals surface area contributed by atoms with Crippen molar-refractivity contribution >= 4 is 33.8 Å². The Hall–Kier alpha value is -1.40. The summed E-state index contributed by atoms with van der Waals surface area (Å²) in [7, 11) is 0. The lowest BCUT2D eigenvalue weighted by molar-refractivity contribution is 0.0701. The minimum absolute atomic E-state index is 0.302. The van der Waals surface area contributed by atoms with Crippen molar-refractivity contribution in [1.82, 2.24) is 4.98 Å². The quantitative estimate of drug-likeness (QED) is 0.901. The number of hydrogen-bond donors (Lipinski definition) is 2. The number of hydrogen-bond acceptors (Lipinski definition) is 5. The number of rotatable bonds is 4. The molecule has 2 aromatic heterocycles. The van der Waals surface area contributed by atoms with Crippen molar-refractivity contribution in [3.63, 3.8) is 0 Å². The standard InChI is InChI=1S/C12H14N2O2S2/c1-6-4-9(17-8(6)3)5-13-12-14-7(2)10(18-12)11(15)16/h4H,5H2,1-3H3,(H,13,14)(H,15,16). The topological polar surface area (TPSA) is 62.2 Å². The molecule has 2 aromatic rings. The molecule has 0 aromatic carbocycles. The summed E-state index contributed by atoms with van der Waals surface area (Å²) in [5.41, 5.74) is 1.85. The van der Waals surface area contributed by atoms with E-state index in [2.05, 4.69) is 30.2 Å². The molecule has 0 bridgehead atoms. The van der Waals surface area contributed by atoms with Crippen LogP contribution in [0.25, 0.3) is 0 Å². The normalized spacial score (nSPS) is 10.6. The zero-order chi connectivity index (χ0) is 13.3. The fraction of sp³-hybridized carbons (Fsp3) is 0.333. The highest BCUT2D eigenvalue weighted by atomic mass is 32.1. The van der Waals surface area contributed by atoms with E-state index in [0.29, 0.717) is 22.2 Å². The molecule has 0 atom stereocenters. The number of anilines is 1. The monoisotopic (exact) mass is 282 g/mol. The van der Waals surface area contributed by atoms with Gasteiger partial charge in [0.25, 0.3) is 0 Å². The number of thiazole rings is 1. The van der Waals surface area contributed by atoms with Crippen LogP contribution in [0.3, 0.4) is 0 Å². The Kier molecular flexibility index (Phi) is 3.68. The average molecular weight is 282 g/mol. The van der Waals surface area contributed by atoms with E-state index in [0.717, 1.165) is 0 Å². The maximum Gasteiger partial charge on any atom is 0.347 e. The maximum atomic E-state index is 10.9. The van der Waals surface area contributed by atoms with Crippen LogP contribution in [0.4, 0.5) is 5.13 Å². The van der Waals surface area contributed by atoms with Gasteiger partial charge < -0.3 is 10.4 Å². The molecule has 18 heavy (non-hydrogen) atoms. The van der Waals surface area contributed by atoms with Gasteiger partial charge in [0.15, 0.2) is 5.13 Å². The third-order valence-electron chi connectivity index (χ3n) is 2.62. The first kappa shape index (κ1) is 13.0. The first-order valence-corrected chi connectivity index (χ1v) is 7.11. The molecular formula is C12H14N2O2S2. The molecule has 6 heteroatoms. The lowest BCUT2D eigenvalue weighted by Gasteiger charge is -1.98. The van der Waals surface area contributed by atoms with E-state index < -0.39 is 5.97 Å². The molecule has 0 radical (unpaired) electrons. The van der Waals surface area contributed by atoms with Gasteiger partial charge in [-0.25, -0.2) is 9.78 Å². The predicted octanol–water partition coefficient (Wildman–Crippen LogP) is 3.44. The molecule has 0 unspecified atom stereocenters. The summed E-state index contributed by atoms with van der Waals surface area (Å²) in [5.74, 6) is -0.916. The number of nitrogens with one attached hydrogen (secondary N) is 1. The Morgan fingerprint density at radius 3 is 2.61 bits per heavy atom. The Balaban J connectivity index is 2.06. The Labute approximate surface area is 113 Å². The fourth-order valence-corrected chi connectivity index (χ4v) is 3.36. The summed E-state index contributed by atoms with van der Waals surface area (Å²) in [5, 5.41) is 12.8. The van der Waals surface area contributed by atoms with Crippen LogP contribution < -0.4 is 5.32 Å². The maximum absolute atomic E-state index is 10.9. The Morgan fingerprint density at radius 2 is 2.11 bits per heavy atom. The van der Waals surface area contributed by atoms with Crippen molar-refractivity contribution in [2.24, 2.45) is 0 Å². The highest BCUT2D eigenvalue weighted by Gasteiger charge is 2.13. The summed E-state index contributed by atoms with van der Waals surface area (Å²) in [6.07, 6.45) is 0. The molecule has 0 spiro atoms. The van der Waals surface area contributed by atoms with E-state index in [1.54, 1.807) is 18.3 Å². The third-order valence-corrected chi connectivity index (χ3v) is 4.88. The highest BCUT2D eigenvalue weighted by molar-refractivity contribution is 7.17. The van der Waals surface area contributed by atoms with Crippen LogP contribution in [0, 0.1) is 20.8 Å². The van der Waals surface area contributed by atoms with Gasteiger partial charge in [-0.15, -0.1) is 11.3 Å². The molecule has 0 saturated heterocycles. The molecule has 2 heterocycles. The predicted molar refractivity (Wildman–Crippen MR) is 74.9 cm³/mol. The van der Waals surface area contributed by atoms with Crippen molar-refractivity contribution < 1.29 is 9.90 Å². The van der Waals surface area contributed by atoms with Crippen LogP contribution in [0.1, 0.15) is 30.7 Å². The summed E-state index contributed by atoms with van der Waals surface area (Å²) < 4.78 is 0. The number of aromatic nitrogens is 1. The van der Waals surface area contributed by atoms with E-state index in [-0.39, 0.29) is 0 Å². The van der Waals surface area contributed by atoms with Gasteiger partial charge in [-0.2, -0.15) is 0 Å². The summed E-state index contributed by atoms with van der Waals surface area (Å²) in [6.45, 7) is 6.58. The molecule has 2 rings (SSSR count). The van der Waals surface area contributed by atoms with Gasteiger partial charge in [0, 0.05) is 9.75 Å². The molecule has 0 aliphatic rings.